The summed E-state index contributed by atoms with van der Waals surface area (Å²) in [5, 5.41) is 8.71. The molecule has 0 aliphatic carbocycles. The van der Waals surface area contributed by atoms with Gasteiger partial charge in [0.25, 0.3) is 0 Å². The Balaban J connectivity index is 1.84. The number of fused-ring (bicyclic) bond motifs is 1. The first-order chi connectivity index (χ1) is 10.2. The zero-order chi connectivity index (χ0) is 15.1. The van der Waals surface area contributed by atoms with Gasteiger partial charge in [-0.3, -0.25) is 4.79 Å². The van der Waals surface area contributed by atoms with Crippen molar-refractivity contribution < 1.29 is 19.4 Å². The van der Waals surface area contributed by atoms with Gasteiger partial charge in [-0.1, -0.05) is 6.07 Å². The van der Waals surface area contributed by atoms with Crippen LogP contribution in [-0.2, 0) is 4.79 Å². The molecule has 0 unspecified atom stereocenters. The molecule has 0 saturated carbocycles. The highest BCUT2D eigenvalue weighted by Crippen LogP contribution is 2.32. The number of hydrogen-bond donors (Lipinski definition) is 1. The Bertz CT molecular complexity index is 513. The lowest BCUT2D eigenvalue weighted by Crippen LogP contribution is -2.25. The van der Waals surface area contributed by atoms with E-state index in [0.29, 0.717) is 12.3 Å². The van der Waals surface area contributed by atoms with Gasteiger partial charge in [0.15, 0.2) is 11.5 Å². The van der Waals surface area contributed by atoms with Gasteiger partial charge in [0.2, 0.25) is 12.7 Å². The van der Waals surface area contributed by atoms with Gasteiger partial charge < -0.3 is 19.5 Å². The molecule has 0 fully saturated rings. The van der Waals surface area contributed by atoms with Gasteiger partial charge in [0, 0.05) is 26.3 Å². The molecule has 1 aromatic rings. The first-order valence-electron chi connectivity index (χ1n) is 7.14. The number of aliphatic hydroxyl groups excluding tert-OH is 1. The van der Waals surface area contributed by atoms with Crippen LogP contribution in [0.25, 0.3) is 6.08 Å². The molecule has 5 heteroatoms. The Morgan fingerprint density at radius 1 is 1.29 bits per heavy atom. The Kier molecular flexibility index (Phi) is 5.63. The average Bonchev–Trinajstić information content (AvgIpc) is 2.96. The lowest BCUT2D eigenvalue weighted by atomic mass is 10.2. The molecule has 1 amide bonds. The summed E-state index contributed by atoms with van der Waals surface area (Å²) in [5.41, 5.74) is 0.904. The van der Waals surface area contributed by atoms with Crippen molar-refractivity contribution in [3.8, 4) is 11.5 Å². The van der Waals surface area contributed by atoms with E-state index < -0.39 is 0 Å². The molecule has 1 aliphatic heterocycles. The first kappa shape index (κ1) is 15.4. The second-order valence-corrected chi connectivity index (χ2v) is 4.99. The van der Waals surface area contributed by atoms with Crippen LogP contribution in [0.3, 0.4) is 0 Å². The Morgan fingerprint density at radius 3 is 2.90 bits per heavy atom. The Labute approximate surface area is 124 Å². The van der Waals surface area contributed by atoms with E-state index in [2.05, 4.69) is 0 Å². The van der Waals surface area contributed by atoms with Crippen LogP contribution in [0.4, 0.5) is 0 Å². The molecule has 1 aromatic carbocycles. The standard InChI is InChI=1S/C16H21NO4/c1-17(9-3-2-4-10-18)16(19)8-6-13-5-7-14-15(11-13)21-12-20-14/h5-8,11,18H,2-4,9-10,12H2,1H3/b8-6+. The van der Waals surface area contributed by atoms with Gasteiger partial charge >= 0.3 is 0 Å². The Morgan fingerprint density at radius 2 is 2.10 bits per heavy atom. The third kappa shape index (κ3) is 4.49. The molecule has 0 radical (unpaired) electrons. The number of ether oxygens (including phenoxy) is 2. The normalized spacial score (nSPS) is 12.9. The van der Waals surface area contributed by atoms with Gasteiger partial charge in [-0.25, -0.2) is 0 Å². The molecular formula is C16H21NO4. The summed E-state index contributed by atoms with van der Waals surface area (Å²) in [4.78, 5) is 13.6. The van der Waals surface area contributed by atoms with Gasteiger partial charge in [0.05, 0.1) is 0 Å². The molecule has 2 rings (SSSR count). The van der Waals surface area contributed by atoms with E-state index in [0.717, 1.165) is 30.6 Å². The number of carbonyl (C=O) groups is 1. The molecule has 114 valence electrons. The molecule has 0 aromatic heterocycles. The average molecular weight is 291 g/mol. The second kappa shape index (κ2) is 7.69. The van der Waals surface area contributed by atoms with E-state index in [-0.39, 0.29) is 19.3 Å². The number of carbonyl (C=O) groups excluding carboxylic acids is 1. The maximum atomic E-state index is 11.9. The SMILES string of the molecule is CN(CCCCCO)C(=O)/C=C/c1ccc2c(c1)OCO2. The summed E-state index contributed by atoms with van der Waals surface area (Å²) in [6.45, 7) is 1.16. The van der Waals surface area contributed by atoms with Crippen molar-refractivity contribution in [2.45, 2.75) is 19.3 Å². The molecule has 1 N–H and O–H groups in total. The maximum Gasteiger partial charge on any atom is 0.246 e. The van der Waals surface area contributed by atoms with Crippen LogP contribution in [-0.4, -0.2) is 42.9 Å². The molecule has 0 atom stereocenters. The zero-order valence-corrected chi connectivity index (χ0v) is 12.2. The van der Waals surface area contributed by atoms with E-state index in [4.69, 9.17) is 14.6 Å². The van der Waals surface area contributed by atoms with Crippen LogP contribution >= 0.6 is 0 Å². The summed E-state index contributed by atoms with van der Waals surface area (Å²) >= 11 is 0. The van der Waals surface area contributed by atoms with Crippen molar-refractivity contribution in [1.82, 2.24) is 4.90 Å². The monoisotopic (exact) mass is 291 g/mol. The molecule has 0 saturated heterocycles. The number of likely N-dealkylation sites (N-methyl/N-ethyl adjacent to an activating group) is 1. The third-order valence-electron chi connectivity index (χ3n) is 3.34. The summed E-state index contributed by atoms with van der Waals surface area (Å²) < 4.78 is 10.5. The van der Waals surface area contributed by atoms with E-state index in [1.807, 2.05) is 18.2 Å². The number of amides is 1. The molecule has 0 spiro atoms. The molecular weight excluding hydrogens is 270 g/mol. The van der Waals surface area contributed by atoms with Gasteiger partial charge in [-0.15, -0.1) is 0 Å². The predicted molar refractivity (Wildman–Crippen MR) is 80.2 cm³/mol. The van der Waals surface area contributed by atoms with Crippen molar-refractivity contribution in [2.75, 3.05) is 27.0 Å². The second-order valence-electron chi connectivity index (χ2n) is 4.99. The van der Waals surface area contributed by atoms with Gasteiger partial charge in [-0.05, 0) is 43.0 Å². The number of aliphatic hydroxyl groups is 1. The fraction of sp³-hybridized carbons (Fsp3) is 0.438. The highest BCUT2D eigenvalue weighted by atomic mass is 16.7. The minimum Gasteiger partial charge on any atom is -0.454 e. The lowest BCUT2D eigenvalue weighted by molar-refractivity contribution is -0.124. The quantitative estimate of drug-likeness (QED) is 0.617. The predicted octanol–water partition coefficient (Wildman–Crippen LogP) is 2.05. The number of rotatable bonds is 7. The van der Waals surface area contributed by atoms with Crippen LogP contribution in [0.1, 0.15) is 24.8 Å². The highest BCUT2D eigenvalue weighted by Gasteiger charge is 2.12. The molecule has 0 bridgehead atoms. The Hall–Kier alpha value is -2.01. The number of unbranched alkanes of at least 4 members (excludes halogenated alkanes) is 2. The summed E-state index contributed by atoms with van der Waals surface area (Å²) in [7, 11) is 1.78. The van der Waals surface area contributed by atoms with Gasteiger partial charge in [-0.2, -0.15) is 0 Å². The van der Waals surface area contributed by atoms with Crippen LogP contribution in [0.5, 0.6) is 11.5 Å². The molecule has 1 aliphatic rings. The number of benzene rings is 1. The van der Waals surface area contributed by atoms with Gasteiger partial charge in [0.1, 0.15) is 0 Å². The van der Waals surface area contributed by atoms with E-state index >= 15 is 0 Å². The highest BCUT2D eigenvalue weighted by molar-refractivity contribution is 5.91. The first-order valence-corrected chi connectivity index (χ1v) is 7.14. The van der Waals surface area contributed by atoms with E-state index in [1.54, 1.807) is 24.1 Å². The van der Waals surface area contributed by atoms with Crippen LogP contribution < -0.4 is 9.47 Å². The minimum atomic E-state index is -0.0309. The van der Waals surface area contributed by atoms with Crippen molar-refractivity contribution in [1.29, 1.82) is 0 Å². The molecule has 21 heavy (non-hydrogen) atoms. The zero-order valence-electron chi connectivity index (χ0n) is 12.2. The summed E-state index contributed by atoms with van der Waals surface area (Å²) in [5.74, 6) is 1.41. The minimum absolute atomic E-state index is 0.0309. The van der Waals surface area contributed by atoms with Crippen LogP contribution in [0, 0.1) is 0 Å². The number of nitrogens with zero attached hydrogens (tertiary/aromatic N) is 1. The largest absolute Gasteiger partial charge is 0.454 e. The van der Waals surface area contributed by atoms with Crippen molar-refractivity contribution in [3.63, 3.8) is 0 Å². The van der Waals surface area contributed by atoms with Crippen molar-refractivity contribution >= 4 is 12.0 Å². The van der Waals surface area contributed by atoms with Crippen LogP contribution in [0.15, 0.2) is 24.3 Å². The smallest absolute Gasteiger partial charge is 0.246 e. The van der Waals surface area contributed by atoms with Crippen LogP contribution in [0.2, 0.25) is 0 Å². The van der Waals surface area contributed by atoms with E-state index in [1.165, 1.54) is 0 Å². The fourth-order valence-electron chi connectivity index (χ4n) is 2.06. The van der Waals surface area contributed by atoms with Crippen molar-refractivity contribution in [2.24, 2.45) is 0 Å². The summed E-state index contributed by atoms with van der Waals surface area (Å²) in [6.07, 6.45) is 5.95. The third-order valence-corrected chi connectivity index (χ3v) is 3.34. The fourth-order valence-corrected chi connectivity index (χ4v) is 2.06. The van der Waals surface area contributed by atoms with E-state index in [9.17, 15) is 4.79 Å². The maximum absolute atomic E-state index is 11.9. The van der Waals surface area contributed by atoms with Crippen molar-refractivity contribution in [3.05, 3.63) is 29.8 Å². The summed E-state index contributed by atoms with van der Waals surface area (Å²) in [6, 6.07) is 5.58. The number of hydrogen-bond acceptors (Lipinski definition) is 4. The molecule has 1 heterocycles. The molecule has 5 nitrogen and oxygen atoms in total. The topological polar surface area (TPSA) is 59.0 Å². The lowest BCUT2D eigenvalue weighted by Gasteiger charge is -2.14.